The Bertz CT molecular complexity index is 327. The van der Waals surface area contributed by atoms with E-state index in [0.29, 0.717) is 13.1 Å². The number of methoxy groups -OCH3 is 1. The van der Waals surface area contributed by atoms with Crippen LogP contribution in [-0.2, 0) is 9.53 Å². The van der Waals surface area contributed by atoms with Gasteiger partial charge in [-0.2, -0.15) is 0 Å². The van der Waals surface area contributed by atoms with Crippen molar-refractivity contribution in [2.45, 2.75) is 6.04 Å². The van der Waals surface area contributed by atoms with Gasteiger partial charge in [0.15, 0.2) is 0 Å². The molecule has 0 spiro atoms. The van der Waals surface area contributed by atoms with Crippen molar-refractivity contribution in [1.82, 2.24) is 4.90 Å². The van der Waals surface area contributed by atoms with Crippen LogP contribution < -0.4 is 5.73 Å². The zero-order valence-electron chi connectivity index (χ0n) is 9.72. The molecule has 4 nitrogen and oxygen atoms in total. The van der Waals surface area contributed by atoms with Gasteiger partial charge in [-0.05, 0) is 12.6 Å². The number of rotatable bonds is 5. The molecular weight excluding hydrogens is 204 g/mol. The van der Waals surface area contributed by atoms with Crippen LogP contribution in [0.1, 0.15) is 11.6 Å². The minimum Gasteiger partial charge on any atom is -0.468 e. The number of nitrogens with two attached hydrogens (primary N) is 1. The molecule has 2 N–H and O–H groups in total. The van der Waals surface area contributed by atoms with Crippen molar-refractivity contribution in [2.75, 3.05) is 27.2 Å². The first kappa shape index (κ1) is 12.7. The van der Waals surface area contributed by atoms with Gasteiger partial charge in [-0.25, -0.2) is 4.79 Å². The molecule has 0 saturated heterocycles. The van der Waals surface area contributed by atoms with Crippen molar-refractivity contribution in [3.8, 4) is 0 Å². The molecule has 0 aromatic heterocycles. The van der Waals surface area contributed by atoms with E-state index in [0.717, 1.165) is 5.56 Å². The average Bonchev–Trinajstić information content (AvgIpc) is 2.31. The molecule has 88 valence electrons. The highest BCUT2D eigenvalue weighted by Gasteiger charge is 2.25. The van der Waals surface area contributed by atoms with Gasteiger partial charge < -0.3 is 10.5 Å². The van der Waals surface area contributed by atoms with Crippen LogP contribution in [0.3, 0.4) is 0 Å². The maximum atomic E-state index is 11.7. The molecule has 16 heavy (non-hydrogen) atoms. The van der Waals surface area contributed by atoms with Gasteiger partial charge in [0.1, 0.15) is 6.04 Å². The molecule has 0 aliphatic carbocycles. The lowest BCUT2D eigenvalue weighted by molar-refractivity contribution is -0.146. The normalized spacial score (nSPS) is 12.5. The summed E-state index contributed by atoms with van der Waals surface area (Å²) in [7, 11) is 3.26. The minimum absolute atomic E-state index is 0.262. The third-order valence-corrected chi connectivity index (χ3v) is 2.46. The van der Waals surface area contributed by atoms with E-state index in [9.17, 15) is 4.79 Å². The monoisotopic (exact) mass is 222 g/mol. The predicted octanol–water partition coefficient (Wildman–Crippen LogP) is 0.791. The van der Waals surface area contributed by atoms with E-state index in [2.05, 4.69) is 0 Å². The van der Waals surface area contributed by atoms with Gasteiger partial charge in [-0.3, -0.25) is 4.90 Å². The van der Waals surface area contributed by atoms with Crippen molar-refractivity contribution >= 4 is 5.97 Å². The van der Waals surface area contributed by atoms with E-state index in [1.165, 1.54) is 7.11 Å². The quantitative estimate of drug-likeness (QED) is 0.748. The van der Waals surface area contributed by atoms with Crippen LogP contribution in [0.4, 0.5) is 0 Å². The van der Waals surface area contributed by atoms with Crippen molar-refractivity contribution in [1.29, 1.82) is 0 Å². The van der Waals surface area contributed by atoms with Crippen LogP contribution in [0, 0.1) is 0 Å². The molecule has 0 bridgehead atoms. The first-order valence-electron chi connectivity index (χ1n) is 5.23. The Morgan fingerprint density at radius 3 is 2.56 bits per heavy atom. The summed E-state index contributed by atoms with van der Waals surface area (Å²) in [4.78, 5) is 13.6. The maximum Gasteiger partial charge on any atom is 0.327 e. The van der Waals surface area contributed by atoms with E-state index < -0.39 is 0 Å². The number of hydrogen-bond donors (Lipinski definition) is 1. The molecule has 1 aromatic carbocycles. The van der Waals surface area contributed by atoms with E-state index in [1.807, 2.05) is 42.3 Å². The molecule has 0 unspecified atom stereocenters. The Labute approximate surface area is 96.0 Å². The van der Waals surface area contributed by atoms with E-state index >= 15 is 0 Å². The topological polar surface area (TPSA) is 55.6 Å². The fourth-order valence-corrected chi connectivity index (χ4v) is 1.65. The summed E-state index contributed by atoms with van der Waals surface area (Å²) in [5.41, 5.74) is 6.41. The van der Waals surface area contributed by atoms with Gasteiger partial charge in [0.2, 0.25) is 0 Å². The number of likely N-dealkylation sites (N-methyl/N-ethyl adjacent to an activating group) is 1. The Hall–Kier alpha value is -1.39. The number of ether oxygens (including phenoxy) is 1. The summed E-state index contributed by atoms with van der Waals surface area (Å²) in [5, 5.41) is 0. The summed E-state index contributed by atoms with van der Waals surface area (Å²) in [6.45, 7) is 1.16. The zero-order valence-corrected chi connectivity index (χ0v) is 9.72. The third-order valence-electron chi connectivity index (χ3n) is 2.46. The lowest BCUT2D eigenvalue weighted by Gasteiger charge is -2.25. The molecule has 0 amide bonds. The lowest BCUT2D eigenvalue weighted by atomic mass is 10.1. The first-order valence-corrected chi connectivity index (χ1v) is 5.23. The van der Waals surface area contributed by atoms with Gasteiger partial charge in [0.05, 0.1) is 7.11 Å². The molecular formula is C12H18N2O2. The number of esters is 1. The first-order chi connectivity index (χ1) is 7.70. The molecule has 1 atom stereocenters. The summed E-state index contributed by atoms with van der Waals surface area (Å²) in [6.07, 6.45) is 0. The Morgan fingerprint density at radius 1 is 1.44 bits per heavy atom. The molecule has 0 aliphatic rings. The second-order valence-electron chi connectivity index (χ2n) is 3.61. The summed E-state index contributed by atoms with van der Waals surface area (Å²) >= 11 is 0. The van der Waals surface area contributed by atoms with E-state index in [4.69, 9.17) is 10.5 Å². The Morgan fingerprint density at radius 2 is 2.06 bits per heavy atom. The SMILES string of the molecule is COC(=O)[C@@H](c1ccccc1)N(C)CCN. The Kier molecular flexibility index (Phi) is 4.95. The summed E-state index contributed by atoms with van der Waals surface area (Å²) in [5.74, 6) is -0.262. The fraction of sp³-hybridized carbons (Fsp3) is 0.417. The highest BCUT2D eigenvalue weighted by Crippen LogP contribution is 2.19. The molecule has 1 aromatic rings. The highest BCUT2D eigenvalue weighted by atomic mass is 16.5. The van der Waals surface area contributed by atoms with Crippen LogP contribution >= 0.6 is 0 Å². The van der Waals surface area contributed by atoms with Crippen molar-refractivity contribution < 1.29 is 9.53 Å². The number of benzene rings is 1. The van der Waals surface area contributed by atoms with Crippen molar-refractivity contribution in [2.24, 2.45) is 5.73 Å². The lowest BCUT2D eigenvalue weighted by Crippen LogP contribution is -2.35. The molecule has 1 rings (SSSR count). The predicted molar refractivity (Wildman–Crippen MR) is 62.9 cm³/mol. The molecule has 0 saturated carbocycles. The molecule has 0 radical (unpaired) electrons. The largest absolute Gasteiger partial charge is 0.468 e. The second kappa shape index (κ2) is 6.25. The van der Waals surface area contributed by atoms with Crippen LogP contribution in [0.2, 0.25) is 0 Å². The third kappa shape index (κ3) is 3.05. The molecule has 0 heterocycles. The van der Waals surface area contributed by atoms with Crippen LogP contribution in [-0.4, -0.2) is 38.1 Å². The van der Waals surface area contributed by atoms with E-state index in [1.54, 1.807) is 0 Å². The van der Waals surface area contributed by atoms with Crippen LogP contribution in [0.25, 0.3) is 0 Å². The molecule has 0 fully saturated rings. The second-order valence-corrected chi connectivity index (χ2v) is 3.61. The smallest absolute Gasteiger partial charge is 0.327 e. The minimum atomic E-state index is -0.380. The van der Waals surface area contributed by atoms with Crippen LogP contribution in [0.15, 0.2) is 30.3 Å². The standard InChI is InChI=1S/C12H18N2O2/c1-14(9-8-13)11(12(15)16-2)10-6-4-3-5-7-10/h3-7,11H,8-9,13H2,1-2H3/t11-/m1/s1. The summed E-state index contributed by atoms with van der Waals surface area (Å²) in [6, 6.07) is 9.17. The average molecular weight is 222 g/mol. The van der Waals surface area contributed by atoms with Crippen molar-refractivity contribution in [3.63, 3.8) is 0 Å². The molecule has 0 aliphatic heterocycles. The number of carbonyl (C=O) groups is 1. The van der Waals surface area contributed by atoms with Crippen LogP contribution in [0.5, 0.6) is 0 Å². The molecule has 4 heteroatoms. The van der Waals surface area contributed by atoms with Gasteiger partial charge >= 0.3 is 5.97 Å². The van der Waals surface area contributed by atoms with Gasteiger partial charge in [-0.15, -0.1) is 0 Å². The van der Waals surface area contributed by atoms with E-state index in [-0.39, 0.29) is 12.0 Å². The fourth-order valence-electron chi connectivity index (χ4n) is 1.65. The van der Waals surface area contributed by atoms with Gasteiger partial charge in [-0.1, -0.05) is 30.3 Å². The zero-order chi connectivity index (χ0) is 12.0. The number of carbonyl (C=O) groups excluding carboxylic acids is 1. The number of nitrogens with zero attached hydrogens (tertiary/aromatic N) is 1. The Balaban J connectivity index is 2.92. The van der Waals surface area contributed by atoms with Gasteiger partial charge in [0.25, 0.3) is 0 Å². The summed E-state index contributed by atoms with van der Waals surface area (Å²) < 4.78 is 4.81. The highest BCUT2D eigenvalue weighted by molar-refractivity contribution is 5.77. The number of hydrogen-bond acceptors (Lipinski definition) is 4. The van der Waals surface area contributed by atoms with Crippen molar-refractivity contribution in [3.05, 3.63) is 35.9 Å². The maximum absolute atomic E-state index is 11.7. The van der Waals surface area contributed by atoms with Gasteiger partial charge in [0, 0.05) is 13.1 Å².